The van der Waals surface area contributed by atoms with Crippen molar-refractivity contribution in [2.24, 2.45) is 0 Å². The number of fused-ring (bicyclic) bond motifs is 1. The Balaban J connectivity index is 0.000000360. The first-order chi connectivity index (χ1) is 15.2. The van der Waals surface area contributed by atoms with Gasteiger partial charge in [-0.1, -0.05) is 54.6 Å². The van der Waals surface area contributed by atoms with Crippen molar-refractivity contribution in [1.82, 2.24) is 9.97 Å². The van der Waals surface area contributed by atoms with Crippen LogP contribution in [0.1, 0.15) is 0 Å². The van der Waals surface area contributed by atoms with Crippen molar-refractivity contribution in [3.63, 3.8) is 0 Å². The van der Waals surface area contributed by atoms with Gasteiger partial charge in [0.25, 0.3) is 0 Å². The van der Waals surface area contributed by atoms with Crippen molar-refractivity contribution < 1.29 is 23.1 Å². The summed E-state index contributed by atoms with van der Waals surface area (Å²) in [6.45, 7) is 0. The number of aromatic nitrogens is 2. The first kappa shape index (κ1) is 22.5. The summed E-state index contributed by atoms with van der Waals surface area (Å²) in [7, 11) is 1.83. The van der Waals surface area contributed by atoms with Gasteiger partial charge in [-0.2, -0.15) is 18.2 Å². The largest absolute Gasteiger partial charge is 0.490 e. The van der Waals surface area contributed by atoms with Crippen molar-refractivity contribution in [1.29, 1.82) is 0 Å². The number of halogens is 3. The van der Waals surface area contributed by atoms with Crippen LogP contribution in [-0.4, -0.2) is 34.3 Å². The van der Waals surface area contributed by atoms with E-state index in [1.54, 1.807) is 0 Å². The molecule has 0 saturated heterocycles. The highest BCUT2D eigenvalue weighted by atomic mass is 19.4. The zero-order chi connectivity index (χ0) is 23.3. The maximum absolute atomic E-state index is 10.6. The Morgan fingerprint density at radius 2 is 1.44 bits per heavy atom. The van der Waals surface area contributed by atoms with Crippen LogP contribution < -0.4 is 11.1 Å². The number of rotatable bonds is 3. The molecule has 0 aliphatic heterocycles. The number of carbonyl (C=O) groups is 1. The molecule has 0 bridgehead atoms. The summed E-state index contributed by atoms with van der Waals surface area (Å²) in [6, 6.07) is 25.1. The molecule has 0 amide bonds. The number of nitrogens with one attached hydrogen (secondary N) is 1. The van der Waals surface area contributed by atoms with Crippen LogP contribution in [0.5, 0.6) is 0 Å². The van der Waals surface area contributed by atoms with Crippen LogP contribution in [0.25, 0.3) is 33.2 Å². The zero-order valence-electron chi connectivity index (χ0n) is 16.9. The SMILES string of the molecule is CNc1nc(N)nc2cc(-c3cccc(-c4ccccc4)c3)ccc12.O=C(O)C(F)(F)F. The van der Waals surface area contributed by atoms with E-state index in [0.717, 1.165) is 27.8 Å². The van der Waals surface area contributed by atoms with Gasteiger partial charge in [0, 0.05) is 12.4 Å². The minimum Gasteiger partial charge on any atom is -0.475 e. The van der Waals surface area contributed by atoms with E-state index in [1.165, 1.54) is 11.1 Å². The van der Waals surface area contributed by atoms with Gasteiger partial charge in [0.2, 0.25) is 5.95 Å². The summed E-state index contributed by atoms with van der Waals surface area (Å²) in [5, 5.41) is 11.2. The standard InChI is InChI=1S/C21H18N4.C2HF3O2/c1-23-20-18-11-10-17(13-19(18)24-21(22)25-20)16-9-5-8-15(12-16)14-6-3-2-4-7-14;3-2(4,5)1(6)7/h2-13H,1H3,(H3,22,23,24,25);(H,6,7). The van der Waals surface area contributed by atoms with E-state index in [2.05, 4.69) is 75.9 Å². The fourth-order valence-corrected chi connectivity index (χ4v) is 3.03. The molecule has 0 aliphatic rings. The second-order valence-electron chi connectivity index (χ2n) is 6.66. The van der Waals surface area contributed by atoms with Gasteiger partial charge in [-0.25, -0.2) is 9.78 Å². The van der Waals surface area contributed by atoms with E-state index in [0.29, 0.717) is 0 Å². The summed E-state index contributed by atoms with van der Waals surface area (Å²) in [6.07, 6.45) is -5.08. The smallest absolute Gasteiger partial charge is 0.475 e. The number of hydrogen-bond donors (Lipinski definition) is 3. The van der Waals surface area contributed by atoms with Crippen LogP contribution in [0.4, 0.5) is 24.9 Å². The van der Waals surface area contributed by atoms with Crippen LogP contribution in [0.15, 0.2) is 72.8 Å². The molecular formula is C23H19F3N4O2. The lowest BCUT2D eigenvalue weighted by molar-refractivity contribution is -0.192. The number of carboxylic acids is 1. The molecule has 1 heterocycles. The molecule has 9 heteroatoms. The van der Waals surface area contributed by atoms with E-state index in [4.69, 9.17) is 15.6 Å². The molecule has 6 nitrogen and oxygen atoms in total. The monoisotopic (exact) mass is 440 g/mol. The molecule has 164 valence electrons. The molecule has 1 aromatic heterocycles. The van der Waals surface area contributed by atoms with Crippen LogP contribution >= 0.6 is 0 Å². The Labute approximate surface area is 181 Å². The third-order valence-electron chi connectivity index (χ3n) is 4.50. The van der Waals surface area contributed by atoms with Crippen molar-refractivity contribution >= 4 is 28.6 Å². The van der Waals surface area contributed by atoms with E-state index >= 15 is 0 Å². The normalized spacial score (nSPS) is 10.9. The first-order valence-corrected chi connectivity index (χ1v) is 9.40. The Kier molecular flexibility index (Phi) is 6.58. The fraction of sp³-hybridized carbons (Fsp3) is 0.0870. The number of alkyl halides is 3. The summed E-state index contributed by atoms with van der Waals surface area (Å²) < 4.78 is 31.7. The zero-order valence-corrected chi connectivity index (χ0v) is 16.9. The van der Waals surface area contributed by atoms with Crippen molar-refractivity contribution in [3.05, 3.63) is 72.8 Å². The average Bonchev–Trinajstić information content (AvgIpc) is 2.78. The van der Waals surface area contributed by atoms with E-state index in [-0.39, 0.29) is 5.95 Å². The van der Waals surface area contributed by atoms with Crippen LogP contribution in [-0.2, 0) is 4.79 Å². The lowest BCUT2D eigenvalue weighted by atomic mass is 9.98. The Hall–Kier alpha value is -4.14. The average molecular weight is 440 g/mol. The second kappa shape index (κ2) is 9.34. The molecule has 0 fully saturated rings. The van der Waals surface area contributed by atoms with Crippen LogP contribution in [0.2, 0.25) is 0 Å². The summed E-state index contributed by atoms with van der Waals surface area (Å²) in [5.74, 6) is -1.74. The van der Waals surface area contributed by atoms with Crippen molar-refractivity contribution in [2.45, 2.75) is 6.18 Å². The molecule has 0 atom stereocenters. The number of nitrogens with zero attached hydrogens (tertiary/aromatic N) is 2. The van der Waals surface area contributed by atoms with E-state index < -0.39 is 12.1 Å². The van der Waals surface area contributed by atoms with Crippen molar-refractivity contribution in [3.8, 4) is 22.3 Å². The predicted octanol–water partition coefficient (Wildman–Crippen LogP) is 5.22. The summed E-state index contributed by atoms with van der Waals surface area (Å²) >= 11 is 0. The highest BCUT2D eigenvalue weighted by Crippen LogP contribution is 2.30. The van der Waals surface area contributed by atoms with Gasteiger partial charge in [0.05, 0.1) is 5.52 Å². The van der Waals surface area contributed by atoms with Gasteiger partial charge in [-0.3, -0.25) is 0 Å². The molecule has 4 aromatic rings. The number of benzene rings is 3. The molecule has 0 aliphatic carbocycles. The van der Waals surface area contributed by atoms with Gasteiger partial charge >= 0.3 is 12.1 Å². The quantitative estimate of drug-likeness (QED) is 0.404. The number of anilines is 2. The van der Waals surface area contributed by atoms with Gasteiger partial charge in [-0.15, -0.1) is 0 Å². The van der Waals surface area contributed by atoms with Gasteiger partial charge in [-0.05, 0) is 40.5 Å². The number of carboxylic acid groups (broad SMARTS) is 1. The molecule has 0 radical (unpaired) electrons. The Bertz CT molecular complexity index is 1250. The summed E-state index contributed by atoms with van der Waals surface area (Å²) in [4.78, 5) is 17.5. The number of hydrogen-bond acceptors (Lipinski definition) is 5. The number of nitrogen functional groups attached to an aromatic ring is 1. The molecule has 4 N–H and O–H groups in total. The molecule has 3 aromatic carbocycles. The van der Waals surface area contributed by atoms with Gasteiger partial charge in [0.15, 0.2) is 0 Å². The minimum atomic E-state index is -5.08. The first-order valence-electron chi connectivity index (χ1n) is 9.40. The third-order valence-corrected chi connectivity index (χ3v) is 4.50. The maximum atomic E-state index is 10.6. The van der Waals surface area contributed by atoms with E-state index in [9.17, 15) is 13.2 Å². The lowest BCUT2D eigenvalue weighted by Crippen LogP contribution is -2.21. The second-order valence-corrected chi connectivity index (χ2v) is 6.66. The predicted molar refractivity (Wildman–Crippen MR) is 118 cm³/mol. The van der Waals surface area contributed by atoms with Gasteiger partial charge < -0.3 is 16.2 Å². The van der Waals surface area contributed by atoms with E-state index in [1.807, 2.05) is 19.2 Å². The highest BCUT2D eigenvalue weighted by molar-refractivity contribution is 5.93. The fourth-order valence-electron chi connectivity index (χ4n) is 3.03. The lowest BCUT2D eigenvalue weighted by Gasteiger charge is -2.09. The Morgan fingerprint density at radius 3 is 2.03 bits per heavy atom. The molecule has 0 saturated carbocycles. The number of aliphatic carboxylic acids is 1. The summed E-state index contributed by atoms with van der Waals surface area (Å²) in [5.41, 5.74) is 11.3. The minimum absolute atomic E-state index is 0.270. The maximum Gasteiger partial charge on any atom is 0.490 e. The molecule has 0 unspecified atom stereocenters. The third kappa shape index (κ3) is 5.31. The molecule has 0 spiro atoms. The molecule has 32 heavy (non-hydrogen) atoms. The topological polar surface area (TPSA) is 101 Å². The van der Waals surface area contributed by atoms with Crippen LogP contribution in [0, 0.1) is 0 Å². The molecular weight excluding hydrogens is 421 g/mol. The van der Waals surface area contributed by atoms with Crippen LogP contribution in [0.3, 0.4) is 0 Å². The van der Waals surface area contributed by atoms with Gasteiger partial charge in [0.1, 0.15) is 5.82 Å². The number of nitrogens with two attached hydrogens (primary N) is 1. The van der Waals surface area contributed by atoms with Crippen molar-refractivity contribution in [2.75, 3.05) is 18.1 Å². The highest BCUT2D eigenvalue weighted by Gasteiger charge is 2.38. The molecule has 4 rings (SSSR count). The Morgan fingerprint density at radius 1 is 0.875 bits per heavy atom.